The van der Waals surface area contributed by atoms with Crippen molar-refractivity contribution in [2.45, 2.75) is 96.7 Å². The van der Waals surface area contributed by atoms with Gasteiger partial charge in [0.2, 0.25) is 0 Å². The molecule has 3 unspecified atom stereocenters. The van der Waals surface area contributed by atoms with E-state index in [2.05, 4.69) is 6.92 Å². The molecule has 1 rings (SSSR count). The van der Waals surface area contributed by atoms with E-state index in [4.69, 9.17) is 9.84 Å². The Labute approximate surface area is 157 Å². The Morgan fingerprint density at radius 1 is 1.00 bits per heavy atom. The number of carboxylic acid groups (broad SMARTS) is 2. The highest BCUT2D eigenvalue weighted by Gasteiger charge is 2.46. The minimum atomic E-state index is -0.969. The summed E-state index contributed by atoms with van der Waals surface area (Å²) >= 11 is 0. The molecule has 0 aromatic rings. The van der Waals surface area contributed by atoms with Crippen LogP contribution in [0.2, 0.25) is 0 Å². The van der Waals surface area contributed by atoms with Crippen LogP contribution in [0, 0.1) is 5.92 Å². The van der Waals surface area contributed by atoms with Crippen molar-refractivity contribution in [2.24, 2.45) is 5.92 Å². The molecule has 0 aliphatic carbocycles. The number of unbranched alkanes of at least 4 members (excludes halogenated alkanes) is 9. The number of ether oxygens (including phenoxy) is 1. The van der Waals surface area contributed by atoms with Crippen LogP contribution in [0.1, 0.15) is 84.5 Å². The summed E-state index contributed by atoms with van der Waals surface area (Å²) in [6.45, 7) is 5.14. The molecule has 0 aromatic carbocycles. The van der Waals surface area contributed by atoms with Crippen LogP contribution in [0.4, 0.5) is 0 Å². The topological polar surface area (TPSA) is 86.8 Å². The van der Waals surface area contributed by atoms with E-state index in [0.29, 0.717) is 13.2 Å². The zero-order valence-electron chi connectivity index (χ0n) is 16.5. The van der Waals surface area contributed by atoms with Crippen molar-refractivity contribution in [3.8, 4) is 0 Å². The average molecular weight is 372 g/mol. The van der Waals surface area contributed by atoms with E-state index < -0.39 is 23.9 Å². The van der Waals surface area contributed by atoms with Crippen LogP contribution in [-0.4, -0.2) is 52.5 Å². The van der Waals surface area contributed by atoms with Crippen LogP contribution >= 0.6 is 0 Å². The molecule has 0 radical (unpaired) electrons. The zero-order valence-corrected chi connectivity index (χ0v) is 16.5. The number of carbonyl (C=O) groups is 2. The van der Waals surface area contributed by atoms with E-state index in [1.54, 1.807) is 11.8 Å². The molecule has 152 valence electrons. The molecule has 0 amide bonds. The number of aliphatic carboxylic acids is 2. The molecular weight excluding hydrogens is 334 g/mol. The average Bonchev–Trinajstić information content (AvgIpc) is 3.30. The molecule has 1 aliphatic rings. The number of carboxylic acids is 2. The second kappa shape index (κ2) is 13.1. The monoisotopic (exact) mass is 371 g/mol. The van der Waals surface area contributed by atoms with Gasteiger partial charge < -0.3 is 14.9 Å². The van der Waals surface area contributed by atoms with Crippen LogP contribution in [0.5, 0.6) is 0 Å². The van der Waals surface area contributed by atoms with Gasteiger partial charge in [0.25, 0.3) is 0 Å². The Kier molecular flexibility index (Phi) is 11.5. The van der Waals surface area contributed by atoms with Gasteiger partial charge in [-0.3, -0.25) is 14.5 Å². The third-order valence-electron chi connectivity index (χ3n) is 5.06. The SMILES string of the molecule is CCCCCCCCCCCCO[C@H]1CN1C(C(=O)O)C(C)CC(=O)O. The van der Waals surface area contributed by atoms with Crippen LogP contribution in [-0.2, 0) is 14.3 Å². The van der Waals surface area contributed by atoms with Gasteiger partial charge in [0, 0.05) is 19.6 Å². The Morgan fingerprint density at radius 2 is 1.54 bits per heavy atom. The summed E-state index contributed by atoms with van der Waals surface area (Å²) in [6.07, 6.45) is 12.4. The van der Waals surface area contributed by atoms with E-state index in [9.17, 15) is 14.7 Å². The maximum atomic E-state index is 11.4. The molecular formula is C20H37NO5. The van der Waals surface area contributed by atoms with Gasteiger partial charge in [0.15, 0.2) is 0 Å². The lowest BCUT2D eigenvalue weighted by molar-refractivity contribution is -0.145. The van der Waals surface area contributed by atoms with Crippen molar-refractivity contribution in [2.75, 3.05) is 13.2 Å². The first kappa shape index (κ1) is 22.9. The predicted molar refractivity (Wildman–Crippen MR) is 101 cm³/mol. The Bertz CT molecular complexity index is 415. The van der Waals surface area contributed by atoms with E-state index in [-0.39, 0.29) is 12.6 Å². The van der Waals surface area contributed by atoms with Gasteiger partial charge in [-0.05, 0) is 12.3 Å². The lowest BCUT2D eigenvalue weighted by Gasteiger charge is -2.20. The van der Waals surface area contributed by atoms with Crippen molar-refractivity contribution >= 4 is 11.9 Å². The number of rotatable bonds is 17. The highest BCUT2D eigenvalue weighted by molar-refractivity contribution is 5.76. The third-order valence-corrected chi connectivity index (χ3v) is 5.06. The minimum Gasteiger partial charge on any atom is -0.481 e. The Morgan fingerprint density at radius 3 is 2.04 bits per heavy atom. The normalized spacial score (nSPS) is 21.3. The summed E-state index contributed by atoms with van der Waals surface area (Å²) in [4.78, 5) is 24.0. The van der Waals surface area contributed by atoms with Crippen molar-refractivity contribution in [3.05, 3.63) is 0 Å². The van der Waals surface area contributed by atoms with Gasteiger partial charge in [0.1, 0.15) is 12.3 Å². The summed E-state index contributed by atoms with van der Waals surface area (Å²) in [6, 6.07) is -0.774. The Hall–Kier alpha value is -1.14. The van der Waals surface area contributed by atoms with Crippen LogP contribution in [0.15, 0.2) is 0 Å². The highest BCUT2D eigenvalue weighted by atomic mass is 16.5. The second-order valence-electron chi connectivity index (χ2n) is 7.56. The lowest BCUT2D eigenvalue weighted by atomic mass is 9.98. The summed E-state index contributed by atoms with van der Waals surface area (Å²) in [5.74, 6) is -2.37. The van der Waals surface area contributed by atoms with Crippen molar-refractivity contribution in [1.29, 1.82) is 0 Å². The first-order valence-corrected chi connectivity index (χ1v) is 10.3. The van der Waals surface area contributed by atoms with Crippen LogP contribution in [0.3, 0.4) is 0 Å². The highest BCUT2D eigenvalue weighted by Crippen LogP contribution is 2.28. The number of nitrogens with zero attached hydrogens (tertiary/aromatic N) is 1. The van der Waals surface area contributed by atoms with Gasteiger partial charge in [-0.25, -0.2) is 0 Å². The summed E-state index contributed by atoms with van der Waals surface area (Å²) in [7, 11) is 0. The van der Waals surface area contributed by atoms with E-state index in [0.717, 1.165) is 12.8 Å². The molecule has 4 atom stereocenters. The third kappa shape index (κ3) is 9.53. The fraction of sp³-hybridized carbons (Fsp3) is 0.900. The first-order chi connectivity index (χ1) is 12.5. The number of hydrogen-bond donors (Lipinski definition) is 2. The number of hydrogen-bond acceptors (Lipinski definition) is 4. The molecule has 0 spiro atoms. The molecule has 6 heteroatoms. The fourth-order valence-electron chi connectivity index (χ4n) is 3.48. The summed E-state index contributed by atoms with van der Waals surface area (Å²) in [5, 5.41) is 18.2. The van der Waals surface area contributed by atoms with Gasteiger partial charge >= 0.3 is 11.9 Å². The van der Waals surface area contributed by atoms with Gasteiger partial charge in [-0.1, -0.05) is 71.6 Å². The maximum absolute atomic E-state index is 11.4. The smallest absolute Gasteiger partial charge is 0.321 e. The zero-order chi connectivity index (χ0) is 19.4. The van der Waals surface area contributed by atoms with E-state index in [1.165, 1.54) is 51.4 Å². The molecule has 26 heavy (non-hydrogen) atoms. The van der Waals surface area contributed by atoms with Crippen LogP contribution in [0.25, 0.3) is 0 Å². The maximum Gasteiger partial charge on any atom is 0.321 e. The quantitative estimate of drug-likeness (QED) is 0.295. The summed E-state index contributed by atoms with van der Waals surface area (Å²) < 4.78 is 5.74. The molecule has 0 aromatic heterocycles. The van der Waals surface area contributed by atoms with Crippen molar-refractivity contribution < 1.29 is 24.5 Å². The molecule has 1 heterocycles. The van der Waals surface area contributed by atoms with E-state index >= 15 is 0 Å². The molecule has 1 fully saturated rings. The second-order valence-corrected chi connectivity index (χ2v) is 7.56. The molecule has 1 saturated heterocycles. The minimum absolute atomic E-state index is 0.140. The summed E-state index contributed by atoms with van der Waals surface area (Å²) in [5.41, 5.74) is 0. The van der Waals surface area contributed by atoms with Crippen molar-refractivity contribution in [3.63, 3.8) is 0 Å². The standard InChI is InChI=1S/C20H37NO5/c1-3-4-5-6-7-8-9-10-11-12-13-26-17-15-21(17)19(20(24)25)16(2)14-18(22)23/h16-17,19H,3-15H2,1-2H3,(H,22,23)(H,24,25)/t16?,17-,19?,21?/m0/s1. The largest absolute Gasteiger partial charge is 0.481 e. The molecule has 2 N–H and O–H groups in total. The lowest BCUT2D eigenvalue weighted by Crippen LogP contribution is -2.37. The predicted octanol–water partition coefficient (Wildman–Crippen LogP) is 4.13. The van der Waals surface area contributed by atoms with E-state index in [1.807, 2.05) is 0 Å². The molecule has 0 bridgehead atoms. The molecule has 1 aliphatic heterocycles. The first-order valence-electron chi connectivity index (χ1n) is 10.3. The Balaban J connectivity index is 2.04. The molecule has 6 nitrogen and oxygen atoms in total. The fourth-order valence-corrected chi connectivity index (χ4v) is 3.48. The van der Waals surface area contributed by atoms with Crippen molar-refractivity contribution in [1.82, 2.24) is 4.90 Å². The van der Waals surface area contributed by atoms with Crippen LogP contribution < -0.4 is 0 Å². The van der Waals surface area contributed by atoms with Gasteiger partial charge in [-0.2, -0.15) is 0 Å². The van der Waals surface area contributed by atoms with Gasteiger partial charge in [-0.15, -0.1) is 0 Å². The molecule has 0 saturated carbocycles. The van der Waals surface area contributed by atoms with Gasteiger partial charge in [0.05, 0.1) is 0 Å².